The molecule has 2 aromatic rings. The fourth-order valence-corrected chi connectivity index (χ4v) is 3.26. The number of benzene rings is 2. The van der Waals surface area contributed by atoms with Crippen molar-refractivity contribution < 1.29 is 0 Å². The molecule has 0 radical (unpaired) electrons. The molecule has 0 aliphatic heterocycles. The topological polar surface area (TPSA) is 0 Å². The molecule has 0 aliphatic carbocycles. The summed E-state index contributed by atoms with van der Waals surface area (Å²) >= 11 is 0. The molecule has 2 aromatic carbocycles. The van der Waals surface area contributed by atoms with Crippen molar-refractivity contribution in [1.82, 2.24) is 0 Å². The summed E-state index contributed by atoms with van der Waals surface area (Å²) in [6, 6.07) is 21.5. The highest BCUT2D eigenvalue weighted by atomic mass is 31.1. The molecule has 0 saturated carbocycles. The molecule has 0 atom stereocenters. The normalized spacial score (nSPS) is 10.4. The summed E-state index contributed by atoms with van der Waals surface area (Å²) in [5, 5.41) is 2.95. The van der Waals surface area contributed by atoms with E-state index in [1.807, 2.05) is 0 Å². The minimum Gasteiger partial charge on any atom is -0.0620 e. The molecule has 0 amide bonds. The summed E-state index contributed by atoms with van der Waals surface area (Å²) in [6.07, 6.45) is 0. The zero-order valence-electron chi connectivity index (χ0n) is 8.27. The molecule has 70 valence electrons. The molecule has 1 heteroatoms. The first kappa shape index (κ1) is 9.43. The van der Waals surface area contributed by atoms with Gasteiger partial charge in [0.2, 0.25) is 0 Å². The van der Waals surface area contributed by atoms with Crippen LogP contribution in [0.5, 0.6) is 0 Å². The Labute approximate surface area is 86.4 Å². The Balaban J connectivity index is 2.30. The fourth-order valence-electron chi connectivity index (χ4n) is 1.54. The van der Waals surface area contributed by atoms with E-state index in [9.17, 15) is 0 Å². The first-order valence-corrected chi connectivity index (χ1v) is 6.82. The molecule has 0 N–H and O–H groups in total. The van der Waals surface area contributed by atoms with E-state index in [1.165, 1.54) is 10.6 Å². The second-order valence-corrected chi connectivity index (χ2v) is 5.76. The molecule has 14 heavy (non-hydrogen) atoms. The second-order valence-electron chi connectivity index (χ2n) is 3.36. The van der Waals surface area contributed by atoms with Crippen LogP contribution < -0.4 is 10.6 Å². The maximum atomic E-state index is 2.34. The van der Waals surface area contributed by atoms with Gasteiger partial charge in [-0.25, -0.2) is 0 Å². The Hall–Kier alpha value is -1.13. The van der Waals surface area contributed by atoms with E-state index >= 15 is 0 Å². The lowest BCUT2D eigenvalue weighted by Crippen LogP contribution is -2.09. The van der Waals surface area contributed by atoms with Gasteiger partial charge in [0.05, 0.1) is 25.2 Å². The first-order chi connectivity index (χ1) is 6.88. The Bertz CT molecular complexity index is 341. The predicted molar refractivity (Wildman–Crippen MR) is 66.4 cm³/mol. The summed E-state index contributed by atoms with van der Waals surface area (Å²) in [5.41, 5.74) is 0. The van der Waals surface area contributed by atoms with E-state index in [-0.39, 0.29) is 0 Å². The van der Waals surface area contributed by atoms with Crippen molar-refractivity contribution in [2.75, 3.05) is 6.66 Å². The van der Waals surface area contributed by atoms with Gasteiger partial charge >= 0.3 is 0 Å². The van der Waals surface area contributed by atoms with E-state index in [1.54, 1.807) is 0 Å². The van der Waals surface area contributed by atoms with Gasteiger partial charge in [-0.05, 0) is 24.3 Å². The second kappa shape index (κ2) is 4.39. The summed E-state index contributed by atoms with van der Waals surface area (Å²) in [7, 11) is -0.545. The zero-order chi connectivity index (χ0) is 9.80. The van der Waals surface area contributed by atoms with Gasteiger partial charge in [-0.2, -0.15) is 0 Å². The SMILES string of the molecule is C[PH+](c1ccccc1)c1ccccc1. The van der Waals surface area contributed by atoms with Gasteiger partial charge in [0.15, 0.2) is 0 Å². The van der Waals surface area contributed by atoms with Crippen molar-refractivity contribution in [3.8, 4) is 0 Å². The minimum absolute atomic E-state index is 0.545. The Morgan fingerprint density at radius 2 is 1.00 bits per heavy atom. The minimum atomic E-state index is -0.545. The average Bonchev–Trinajstić information content (AvgIpc) is 2.30. The van der Waals surface area contributed by atoms with Crippen LogP contribution in [0.4, 0.5) is 0 Å². The van der Waals surface area contributed by atoms with Crippen LogP contribution in [0.1, 0.15) is 0 Å². The highest BCUT2D eigenvalue weighted by Gasteiger charge is 2.14. The highest BCUT2D eigenvalue weighted by molar-refractivity contribution is 7.72. The average molecular weight is 201 g/mol. The van der Waals surface area contributed by atoms with Crippen LogP contribution in [0.25, 0.3) is 0 Å². The molecular weight excluding hydrogens is 187 g/mol. The van der Waals surface area contributed by atoms with E-state index < -0.39 is 7.92 Å². The van der Waals surface area contributed by atoms with Gasteiger partial charge in [-0.15, -0.1) is 0 Å². The van der Waals surface area contributed by atoms with Gasteiger partial charge in [-0.1, -0.05) is 36.4 Å². The van der Waals surface area contributed by atoms with E-state index in [0.717, 1.165) is 0 Å². The van der Waals surface area contributed by atoms with Crippen LogP contribution in [-0.2, 0) is 0 Å². The molecule has 0 bridgehead atoms. The molecule has 0 fully saturated rings. The van der Waals surface area contributed by atoms with Crippen molar-refractivity contribution in [3.63, 3.8) is 0 Å². The van der Waals surface area contributed by atoms with Gasteiger partial charge in [-0.3, -0.25) is 0 Å². The summed E-state index contributed by atoms with van der Waals surface area (Å²) < 4.78 is 0. The van der Waals surface area contributed by atoms with Gasteiger partial charge in [0.1, 0.15) is 0 Å². The van der Waals surface area contributed by atoms with Crippen molar-refractivity contribution in [2.45, 2.75) is 0 Å². The van der Waals surface area contributed by atoms with Gasteiger partial charge < -0.3 is 0 Å². The lowest BCUT2D eigenvalue weighted by Gasteiger charge is -2.03. The number of hydrogen-bond donors (Lipinski definition) is 0. The summed E-state index contributed by atoms with van der Waals surface area (Å²) in [4.78, 5) is 0. The molecule has 0 heterocycles. The van der Waals surface area contributed by atoms with Crippen molar-refractivity contribution in [2.24, 2.45) is 0 Å². The number of rotatable bonds is 2. The van der Waals surface area contributed by atoms with Gasteiger partial charge in [0, 0.05) is 0 Å². The maximum Gasteiger partial charge on any atom is 0.0964 e. The van der Waals surface area contributed by atoms with E-state index in [2.05, 4.69) is 67.3 Å². The van der Waals surface area contributed by atoms with Crippen LogP contribution >= 0.6 is 7.92 Å². The van der Waals surface area contributed by atoms with Crippen LogP contribution in [0.2, 0.25) is 0 Å². The van der Waals surface area contributed by atoms with E-state index in [4.69, 9.17) is 0 Å². The molecule has 0 saturated heterocycles. The number of hydrogen-bond acceptors (Lipinski definition) is 0. The first-order valence-electron chi connectivity index (χ1n) is 4.82. The van der Waals surface area contributed by atoms with Crippen LogP contribution in [-0.4, -0.2) is 6.66 Å². The van der Waals surface area contributed by atoms with Crippen LogP contribution in [0.3, 0.4) is 0 Å². The molecule has 0 spiro atoms. The van der Waals surface area contributed by atoms with Crippen LogP contribution in [0.15, 0.2) is 60.7 Å². The van der Waals surface area contributed by atoms with Crippen molar-refractivity contribution >= 4 is 18.5 Å². The summed E-state index contributed by atoms with van der Waals surface area (Å²) in [5.74, 6) is 0. The largest absolute Gasteiger partial charge is 0.0964 e. The monoisotopic (exact) mass is 201 g/mol. The lowest BCUT2D eigenvalue weighted by atomic mass is 10.4. The molecular formula is C13H14P+. The van der Waals surface area contributed by atoms with Crippen molar-refractivity contribution in [3.05, 3.63) is 60.7 Å². The Morgan fingerprint density at radius 3 is 1.36 bits per heavy atom. The molecule has 0 aromatic heterocycles. The molecule has 0 nitrogen and oxygen atoms in total. The third-order valence-corrected chi connectivity index (χ3v) is 4.81. The standard InChI is InChI=1S/C13H13P/c1-14(12-8-4-2-5-9-12)13-10-6-3-7-11-13/h2-11H,1H3/p+1. The zero-order valence-corrected chi connectivity index (χ0v) is 9.27. The predicted octanol–water partition coefficient (Wildman–Crippen LogP) is 2.48. The molecule has 2 rings (SSSR count). The highest BCUT2D eigenvalue weighted by Crippen LogP contribution is 2.27. The third-order valence-electron chi connectivity index (χ3n) is 2.41. The Kier molecular flexibility index (Phi) is 2.96. The van der Waals surface area contributed by atoms with E-state index in [0.29, 0.717) is 0 Å². The quantitative estimate of drug-likeness (QED) is 0.655. The molecule has 0 aliphatic rings. The fraction of sp³-hybridized carbons (Fsp3) is 0.0769. The Morgan fingerprint density at radius 1 is 0.643 bits per heavy atom. The maximum absolute atomic E-state index is 2.34. The van der Waals surface area contributed by atoms with Crippen molar-refractivity contribution in [1.29, 1.82) is 0 Å². The smallest absolute Gasteiger partial charge is 0.0620 e. The third kappa shape index (κ3) is 2.02. The van der Waals surface area contributed by atoms with Crippen LogP contribution in [0, 0.1) is 0 Å². The molecule has 0 unspecified atom stereocenters. The summed E-state index contributed by atoms with van der Waals surface area (Å²) in [6.45, 7) is 2.34. The van der Waals surface area contributed by atoms with Gasteiger partial charge in [0.25, 0.3) is 0 Å². The lowest BCUT2D eigenvalue weighted by molar-refractivity contribution is 1.75.